The Labute approximate surface area is 99.2 Å². The zero-order valence-electron chi connectivity index (χ0n) is 8.91. The molecule has 84 valence electrons. The van der Waals surface area contributed by atoms with Gasteiger partial charge in [-0.15, -0.1) is 0 Å². The second-order valence-corrected chi connectivity index (χ2v) is 3.99. The van der Waals surface area contributed by atoms with Crippen molar-refractivity contribution in [3.05, 3.63) is 47.4 Å². The third-order valence-electron chi connectivity index (χ3n) is 2.39. The van der Waals surface area contributed by atoms with Gasteiger partial charge in [-0.3, -0.25) is 0 Å². The molecule has 0 aliphatic heterocycles. The highest BCUT2D eigenvalue weighted by molar-refractivity contribution is 6.33. The van der Waals surface area contributed by atoms with E-state index in [9.17, 15) is 0 Å². The van der Waals surface area contributed by atoms with Gasteiger partial charge in [-0.05, 0) is 31.2 Å². The number of anilines is 2. The molecule has 0 radical (unpaired) electrons. The van der Waals surface area contributed by atoms with Gasteiger partial charge < -0.3 is 15.5 Å². The molecular weight excluding hydrogens is 224 g/mol. The largest absolute Gasteiger partial charge is 0.467 e. The molecule has 1 heterocycles. The van der Waals surface area contributed by atoms with Crippen LogP contribution < -0.4 is 11.1 Å². The van der Waals surface area contributed by atoms with Crippen molar-refractivity contribution < 1.29 is 4.42 Å². The standard InChI is InChI=1S/C12H13ClN2O/c1-8(11-6-3-7-16-11)15-10-5-2-4-9(13)12(10)14/h2-8,15H,14H2,1H3. The van der Waals surface area contributed by atoms with Crippen LogP contribution in [0.5, 0.6) is 0 Å². The van der Waals surface area contributed by atoms with E-state index >= 15 is 0 Å². The quantitative estimate of drug-likeness (QED) is 0.800. The van der Waals surface area contributed by atoms with E-state index in [-0.39, 0.29) is 6.04 Å². The maximum atomic E-state index is 5.93. The Bertz CT molecular complexity index is 468. The molecule has 0 saturated carbocycles. The minimum atomic E-state index is 0.0516. The molecule has 1 atom stereocenters. The van der Waals surface area contributed by atoms with Gasteiger partial charge in [0, 0.05) is 0 Å². The summed E-state index contributed by atoms with van der Waals surface area (Å²) in [6, 6.07) is 9.33. The van der Waals surface area contributed by atoms with Gasteiger partial charge in [-0.2, -0.15) is 0 Å². The third kappa shape index (κ3) is 2.14. The molecule has 3 nitrogen and oxygen atoms in total. The van der Waals surface area contributed by atoms with Crippen LogP contribution in [0.3, 0.4) is 0 Å². The summed E-state index contributed by atoms with van der Waals surface area (Å²) in [6.45, 7) is 2.00. The predicted octanol–water partition coefficient (Wildman–Crippen LogP) is 3.69. The van der Waals surface area contributed by atoms with Gasteiger partial charge in [0.15, 0.2) is 0 Å². The van der Waals surface area contributed by atoms with Gasteiger partial charge in [0.1, 0.15) is 5.76 Å². The third-order valence-corrected chi connectivity index (χ3v) is 2.72. The normalized spacial score (nSPS) is 12.4. The van der Waals surface area contributed by atoms with Crippen LogP contribution >= 0.6 is 11.6 Å². The van der Waals surface area contributed by atoms with Crippen LogP contribution in [0.4, 0.5) is 11.4 Å². The van der Waals surface area contributed by atoms with Crippen LogP contribution in [0, 0.1) is 0 Å². The number of nitrogens with one attached hydrogen (secondary N) is 1. The molecular formula is C12H13ClN2O. The van der Waals surface area contributed by atoms with Crippen molar-refractivity contribution in [1.82, 2.24) is 0 Å². The molecule has 2 aromatic rings. The first-order valence-corrected chi connectivity index (χ1v) is 5.40. The molecule has 0 bridgehead atoms. The Morgan fingerprint density at radius 1 is 1.31 bits per heavy atom. The summed E-state index contributed by atoms with van der Waals surface area (Å²) in [7, 11) is 0. The first kappa shape index (κ1) is 10.9. The molecule has 1 aromatic carbocycles. The minimum Gasteiger partial charge on any atom is -0.467 e. The average Bonchev–Trinajstić information content (AvgIpc) is 2.78. The van der Waals surface area contributed by atoms with Gasteiger partial charge in [0.25, 0.3) is 0 Å². The van der Waals surface area contributed by atoms with E-state index in [1.54, 1.807) is 12.3 Å². The van der Waals surface area contributed by atoms with Gasteiger partial charge in [-0.1, -0.05) is 17.7 Å². The average molecular weight is 237 g/mol. The summed E-state index contributed by atoms with van der Waals surface area (Å²) in [6.07, 6.45) is 1.65. The van der Waals surface area contributed by atoms with Crippen molar-refractivity contribution in [2.45, 2.75) is 13.0 Å². The fourth-order valence-corrected chi connectivity index (χ4v) is 1.68. The zero-order chi connectivity index (χ0) is 11.5. The SMILES string of the molecule is CC(Nc1cccc(Cl)c1N)c1ccco1. The first-order chi connectivity index (χ1) is 7.68. The highest BCUT2D eigenvalue weighted by atomic mass is 35.5. The van der Waals surface area contributed by atoms with E-state index in [1.165, 1.54) is 0 Å². The van der Waals surface area contributed by atoms with Crippen molar-refractivity contribution in [2.24, 2.45) is 0 Å². The lowest BCUT2D eigenvalue weighted by Crippen LogP contribution is -2.07. The number of para-hydroxylation sites is 1. The fourth-order valence-electron chi connectivity index (χ4n) is 1.50. The van der Waals surface area contributed by atoms with Crippen molar-refractivity contribution in [3.63, 3.8) is 0 Å². The zero-order valence-corrected chi connectivity index (χ0v) is 9.66. The summed E-state index contributed by atoms with van der Waals surface area (Å²) >= 11 is 5.93. The molecule has 1 unspecified atom stereocenters. The summed E-state index contributed by atoms with van der Waals surface area (Å²) in [5.74, 6) is 0.861. The summed E-state index contributed by atoms with van der Waals surface area (Å²) in [4.78, 5) is 0. The number of hydrogen-bond acceptors (Lipinski definition) is 3. The summed E-state index contributed by atoms with van der Waals surface area (Å²) in [5, 5.41) is 3.80. The second kappa shape index (κ2) is 4.49. The fraction of sp³-hybridized carbons (Fsp3) is 0.167. The Morgan fingerprint density at radius 2 is 2.12 bits per heavy atom. The first-order valence-electron chi connectivity index (χ1n) is 5.02. The lowest BCUT2D eigenvalue weighted by atomic mass is 10.2. The molecule has 1 aromatic heterocycles. The lowest BCUT2D eigenvalue weighted by Gasteiger charge is -2.15. The molecule has 16 heavy (non-hydrogen) atoms. The van der Waals surface area contributed by atoms with E-state index in [1.807, 2.05) is 31.2 Å². The van der Waals surface area contributed by atoms with Gasteiger partial charge in [-0.25, -0.2) is 0 Å². The van der Waals surface area contributed by atoms with Crippen molar-refractivity contribution in [3.8, 4) is 0 Å². The van der Waals surface area contributed by atoms with Crippen molar-refractivity contribution >= 4 is 23.0 Å². The lowest BCUT2D eigenvalue weighted by molar-refractivity contribution is 0.490. The van der Waals surface area contributed by atoms with Crippen LogP contribution in [0.2, 0.25) is 5.02 Å². The topological polar surface area (TPSA) is 51.2 Å². The number of rotatable bonds is 3. The van der Waals surface area contributed by atoms with Crippen LogP contribution in [0.1, 0.15) is 18.7 Å². The molecule has 0 aliphatic carbocycles. The summed E-state index contributed by atoms with van der Waals surface area (Å²) < 4.78 is 5.30. The minimum absolute atomic E-state index is 0.0516. The number of nitrogens with two attached hydrogens (primary N) is 1. The molecule has 3 N–H and O–H groups in total. The van der Waals surface area contributed by atoms with Gasteiger partial charge >= 0.3 is 0 Å². The Balaban J connectivity index is 2.18. The second-order valence-electron chi connectivity index (χ2n) is 3.58. The number of nitrogen functional groups attached to an aromatic ring is 1. The van der Waals surface area contributed by atoms with Crippen molar-refractivity contribution in [2.75, 3.05) is 11.1 Å². The molecule has 0 spiro atoms. The van der Waals surface area contributed by atoms with E-state index in [4.69, 9.17) is 21.8 Å². The predicted molar refractivity (Wildman–Crippen MR) is 66.6 cm³/mol. The van der Waals surface area contributed by atoms with Crippen LogP contribution in [0.25, 0.3) is 0 Å². The Kier molecular flexibility index (Phi) is 3.06. The van der Waals surface area contributed by atoms with Gasteiger partial charge in [0.2, 0.25) is 0 Å². The van der Waals surface area contributed by atoms with Crippen LogP contribution in [0.15, 0.2) is 41.0 Å². The van der Waals surface area contributed by atoms with Crippen LogP contribution in [-0.4, -0.2) is 0 Å². The molecule has 4 heteroatoms. The van der Waals surface area contributed by atoms with E-state index < -0.39 is 0 Å². The monoisotopic (exact) mass is 236 g/mol. The smallest absolute Gasteiger partial charge is 0.125 e. The number of furan rings is 1. The van der Waals surface area contributed by atoms with E-state index in [0.717, 1.165) is 11.4 Å². The highest BCUT2D eigenvalue weighted by Crippen LogP contribution is 2.29. The molecule has 0 fully saturated rings. The number of hydrogen-bond donors (Lipinski definition) is 2. The molecule has 2 rings (SSSR count). The maximum absolute atomic E-state index is 5.93. The van der Waals surface area contributed by atoms with Crippen LogP contribution in [-0.2, 0) is 0 Å². The Morgan fingerprint density at radius 3 is 2.81 bits per heavy atom. The number of benzene rings is 1. The Hall–Kier alpha value is -1.61. The van der Waals surface area contributed by atoms with E-state index in [0.29, 0.717) is 10.7 Å². The summed E-state index contributed by atoms with van der Waals surface area (Å²) in [5.41, 5.74) is 7.23. The van der Waals surface area contributed by atoms with Gasteiger partial charge in [0.05, 0.1) is 28.7 Å². The molecule has 0 aliphatic rings. The van der Waals surface area contributed by atoms with Crippen molar-refractivity contribution in [1.29, 1.82) is 0 Å². The number of halogens is 1. The highest BCUT2D eigenvalue weighted by Gasteiger charge is 2.10. The maximum Gasteiger partial charge on any atom is 0.125 e. The van der Waals surface area contributed by atoms with E-state index in [2.05, 4.69) is 5.32 Å². The molecule has 0 amide bonds. The molecule has 0 saturated heterocycles.